The van der Waals surface area contributed by atoms with Crippen LogP contribution in [0, 0.1) is 45.3 Å². The highest BCUT2D eigenvalue weighted by molar-refractivity contribution is 6.01. The topological polar surface area (TPSA) is 104 Å². The molecule has 41 heavy (non-hydrogen) atoms. The summed E-state index contributed by atoms with van der Waals surface area (Å²) < 4.78 is 0. The molecule has 4 N–H and O–H groups in total. The normalized spacial score (nSPS) is 48.8. The second-order valence-electron chi connectivity index (χ2n) is 15.8. The third kappa shape index (κ3) is 3.30. The van der Waals surface area contributed by atoms with Crippen LogP contribution in [0.15, 0.2) is 48.1 Å². The summed E-state index contributed by atoms with van der Waals surface area (Å²) >= 11 is 0. The lowest BCUT2D eigenvalue weighted by Crippen LogP contribution is -2.72. The fraction of sp³-hybridized carbons (Fsp3) is 0.657. The van der Waals surface area contributed by atoms with Gasteiger partial charge in [-0.2, -0.15) is 0 Å². The van der Waals surface area contributed by atoms with Crippen molar-refractivity contribution in [3.05, 3.63) is 53.6 Å². The second kappa shape index (κ2) is 8.21. The molecule has 6 saturated carbocycles. The number of allylic oxidation sites excluding steroid dienone is 4. The maximum absolute atomic E-state index is 13.9. The van der Waals surface area contributed by atoms with E-state index in [2.05, 4.69) is 43.0 Å². The average Bonchev–Trinajstić information content (AvgIpc) is 3.40. The van der Waals surface area contributed by atoms with Crippen molar-refractivity contribution in [1.29, 1.82) is 0 Å². The van der Waals surface area contributed by atoms with E-state index in [9.17, 15) is 19.8 Å². The number of rotatable bonds is 5. The molecule has 1 heterocycles. The molecule has 6 heteroatoms. The molecule has 8 atom stereocenters. The number of fused-ring (bicyclic) bond motifs is 7. The first kappa shape index (κ1) is 26.4. The van der Waals surface area contributed by atoms with Gasteiger partial charge in [0.25, 0.3) is 0 Å². The van der Waals surface area contributed by atoms with E-state index in [1.165, 1.54) is 5.56 Å². The number of aliphatic hydroxyl groups is 2. The van der Waals surface area contributed by atoms with Gasteiger partial charge in [-0.15, -0.1) is 0 Å². The van der Waals surface area contributed by atoms with Crippen LogP contribution in [-0.4, -0.2) is 53.1 Å². The molecular weight excluding hydrogens is 512 g/mol. The highest BCUT2D eigenvalue weighted by atomic mass is 16.3. The Morgan fingerprint density at radius 2 is 1.88 bits per heavy atom. The number of carbonyl (C=O) groups excluding carboxylic acids is 2. The van der Waals surface area contributed by atoms with Gasteiger partial charge < -0.3 is 20.8 Å². The van der Waals surface area contributed by atoms with Crippen LogP contribution in [-0.2, 0) is 16.0 Å². The maximum atomic E-state index is 13.9. The molecule has 1 saturated heterocycles. The molecule has 218 valence electrons. The molecule has 8 aliphatic rings. The van der Waals surface area contributed by atoms with Crippen LogP contribution in [0.1, 0.15) is 64.4 Å². The molecule has 2 bridgehead atoms. The number of nitrogens with zero attached hydrogens (tertiary/aromatic N) is 1. The largest absolute Gasteiger partial charge is 0.393 e. The monoisotopic (exact) mass is 556 g/mol. The zero-order valence-electron chi connectivity index (χ0n) is 24.4. The molecule has 0 radical (unpaired) electrons. The third-order valence-electron chi connectivity index (χ3n) is 13.7. The fourth-order valence-electron chi connectivity index (χ4n) is 12.3. The molecule has 9 rings (SSSR count). The van der Waals surface area contributed by atoms with Crippen molar-refractivity contribution < 1.29 is 19.8 Å². The Morgan fingerprint density at radius 3 is 2.56 bits per heavy atom. The van der Waals surface area contributed by atoms with Crippen molar-refractivity contribution in [2.24, 2.45) is 51.1 Å². The van der Waals surface area contributed by atoms with Gasteiger partial charge in [-0.3, -0.25) is 9.59 Å². The number of Topliss-reactive ketones (excluding diaryl/α,β-unsaturated/α-hetero) is 1. The molecule has 6 nitrogen and oxygen atoms in total. The van der Waals surface area contributed by atoms with Gasteiger partial charge in [0.05, 0.1) is 11.5 Å². The van der Waals surface area contributed by atoms with Crippen molar-refractivity contribution in [2.75, 3.05) is 24.6 Å². The number of benzene rings is 1. The Kier molecular flexibility index (Phi) is 5.28. The third-order valence-corrected chi connectivity index (χ3v) is 13.7. The van der Waals surface area contributed by atoms with Crippen molar-refractivity contribution in [2.45, 2.75) is 76.9 Å². The summed E-state index contributed by atoms with van der Waals surface area (Å²) in [6.07, 6.45) is 12.8. The maximum Gasteiger partial charge on any atom is 0.178 e. The smallest absolute Gasteiger partial charge is 0.178 e. The van der Waals surface area contributed by atoms with Crippen molar-refractivity contribution >= 4 is 17.3 Å². The predicted molar refractivity (Wildman–Crippen MR) is 157 cm³/mol. The van der Waals surface area contributed by atoms with Crippen LogP contribution in [0.4, 0.5) is 5.69 Å². The van der Waals surface area contributed by atoms with E-state index >= 15 is 0 Å². The van der Waals surface area contributed by atoms with Crippen molar-refractivity contribution in [3.8, 4) is 0 Å². The van der Waals surface area contributed by atoms with E-state index in [1.807, 2.05) is 6.08 Å². The predicted octanol–water partition coefficient (Wildman–Crippen LogP) is 3.98. The van der Waals surface area contributed by atoms with Gasteiger partial charge in [0.15, 0.2) is 11.6 Å². The molecule has 7 fully saturated rings. The molecule has 1 aliphatic heterocycles. The summed E-state index contributed by atoms with van der Waals surface area (Å²) in [5.41, 5.74) is 9.12. The van der Waals surface area contributed by atoms with Crippen LogP contribution in [0.5, 0.6) is 0 Å². The standard InChI is InChI=1S/C35H44N2O4/c1-31-10-9-25(39)11-22(31)5-8-26-27-12-23-15-37(20-35(23,29(41)16-38)32(27,2)14-28(40)30(26)31)24-6-3-21(4-7-24)13-33-17-34(36,18-33)19-33/h3-4,6-7,9-11,23,26-28,30,38,40H,5,8,12-20,36H2,1-2H3/t23-,26-,27-,28-,30+,31-,32-,33?,34?,35+/m0/s1. The lowest BCUT2D eigenvalue weighted by molar-refractivity contribution is -0.157. The minimum atomic E-state index is -0.673. The molecule has 7 aliphatic carbocycles. The van der Waals surface area contributed by atoms with Crippen LogP contribution in [0.2, 0.25) is 0 Å². The second-order valence-corrected chi connectivity index (χ2v) is 15.8. The average molecular weight is 557 g/mol. The van der Waals surface area contributed by atoms with Gasteiger partial charge >= 0.3 is 0 Å². The van der Waals surface area contributed by atoms with Gasteiger partial charge in [-0.1, -0.05) is 37.6 Å². The van der Waals surface area contributed by atoms with E-state index in [0.717, 1.165) is 62.8 Å². The van der Waals surface area contributed by atoms with Gasteiger partial charge in [-0.25, -0.2) is 0 Å². The first-order chi connectivity index (χ1) is 19.4. The Morgan fingerprint density at radius 1 is 1.15 bits per heavy atom. The summed E-state index contributed by atoms with van der Waals surface area (Å²) in [6, 6.07) is 8.94. The van der Waals surface area contributed by atoms with E-state index in [4.69, 9.17) is 5.73 Å². The van der Waals surface area contributed by atoms with Gasteiger partial charge in [-0.05, 0) is 110 Å². The van der Waals surface area contributed by atoms with E-state index < -0.39 is 18.1 Å². The Bertz CT molecular complexity index is 1380. The Labute approximate surface area is 243 Å². The summed E-state index contributed by atoms with van der Waals surface area (Å²) in [7, 11) is 0. The number of anilines is 1. The minimum Gasteiger partial charge on any atom is -0.393 e. The quantitative estimate of drug-likeness (QED) is 0.507. The summed E-state index contributed by atoms with van der Waals surface area (Å²) in [4.78, 5) is 28.5. The van der Waals surface area contributed by atoms with Crippen LogP contribution < -0.4 is 10.6 Å². The van der Waals surface area contributed by atoms with Gasteiger partial charge in [0, 0.05) is 35.6 Å². The number of carbonyl (C=O) groups is 2. The number of hydrogen-bond acceptors (Lipinski definition) is 6. The van der Waals surface area contributed by atoms with Gasteiger partial charge in [0.1, 0.15) is 6.61 Å². The Hall–Kier alpha value is -2.28. The molecule has 0 amide bonds. The van der Waals surface area contributed by atoms with E-state index in [0.29, 0.717) is 24.3 Å². The van der Waals surface area contributed by atoms with Crippen LogP contribution in [0.3, 0.4) is 0 Å². The highest BCUT2D eigenvalue weighted by Gasteiger charge is 2.73. The SMILES string of the molecule is C[C@]12C=CC(=O)C=C1CC[C@@H]1[C@@H]2[C@@H](O)C[C@@]2(C)[C@H]1C[C@H]1CN(c3ccc(CC45CC(N)(C4)C5)cc3)C[C@]12C(=O)CO. The molecule has 0 aromatic heterocycles. The van der Waals surface area contributed by atoms with Crippen molar-refractivity contribution in [3.63, 3.8) is 0 Å². The molecule has 0 spiro atoms. The fourth-order valence-corrected chi connectivity index (χ4v) is 12.3. The summed E-state index contributed by atoms with van der Waals surface area (Å²) in [5.74, 6) is 0.786. The minimum absolute atomic E-state index is 0.0453. The number of ketones is 2. The first-order valence-corrected chi connectivity index (χ1v) is 15.8. The van der Waals surface area contributed by atoms with E-state index in [1.54, 1.807) is 12.2 Å². The number of nitrogens with two attached hydrogens (primary N) is 1. The zero-order valence-corrected chi connectivity index (χ0v) is 24.4. The number of hydrogen-bond donors (Lipinski definition) is 3. The van der Waals surface area contributed by atoms with Crippen LogP contribution >= 0.6 is 0 Å². The van der Waals surface area contributed by atoms with Gasteiger partial charge in [0.2, 0.25) is 0 Å². The first-order valence-electron chi connectivity index (χ1n) is 15.8. The Balaban J connectivity index is 1.08. The molecular formula is C35H44N2O4. The lowest BCUT2D eigenvalue weighted by Gasteiger charge is -2.69. The van der Waals surface area contributed by atoms with Crippen LogP contribution in [0.25, 0.3) is 0 Å². The molecule has 1 aromatic carbocycles. The summed E-state index contributed by atoms with van der Waals surface area (Å²) in [5, 5.41) is 22.2. The lowest BCUT2D eigenvalue weighted by atomic mass is 9.38. The number of aliphatic hydroxyl groups excluding tert-OH is 2. The molecule has 0 unspecified atom stereocenters. The van der Waals surface area contributed by atoms with E-state index in [-0.39, 0.29) is 45.7 Å². The van der Waals surface area contributed by atoms with Crippen molar-refractivity contribution in [1.82, 2.24) is 0 Å². The summed E-state index contributed by atoms with van der Waals surface area (Å²) in [6.45, 7) is 5.41. The highest BCUT2D eigenvalue weighted by Crippen LogP contribution is 2.73. The molecule has 1 aromatic rings. The zero-order chi connectivity index (χ0) is 28.6.